The number of anilines is 1. The molecule has 4 rings (SSSR count). The van der Waals surface area contributed by atoms with Crippen molar-refractivity contribution in [2.75, 3.05) is 5.32 Å². The summed E-state index contributed by atoms with van der Waals surface area (Å²) in [4.78, 5) is 22.6. The largest absolute Gasteiger partial charge is 0.473 e. The lowest BCUT2D eigenvalue weighted by molar-refractivity contribution is -0.159. The number of carboxylic acid groups (broad SMARTS) is 2. The molecule has 0 saturated heterocycles. The second-order valence-corrected chi connectivity index (χ2v) is 7.63. The molecular formula is C26H22F3N3O4. The molecular weight excluding hydrogens is 475 g/mol. The van der Waals surface area contributed by atoms with Crippen LogP contribution in [0.15, 0.2) is 85.1 Å². The van der Waals surface area contributed by atoms with Crippen LogP contribution in [0.2, 0.25) is 0 Å². The molecule has 1 heterocycles. The van der Waals surface area contributed by atoms with Gasteiger partial charge >= 0.3 is 18.1 Å². The van der Waals surface area contributed by atoms with Crippen LogP contribution in [-0.2, 0) is 29.4 Å². The van der Waals surface area contributed by atoms with Crippen LogP contribution in [0.3, 0.4) is 0 Å². The summed E-state index contributed by atoms with van der Waals surface area (Å²) >= 11 is 0. The Hall–Kier alpha value is -4.60. The summed E-state index contributed by atoms with van der Waals surface area (Å²) in [5.74, 6) is -3.00. The number of nitrogens with zero attached hydrogens (tertiary/aromatic N) is 2. The van der Waals surface area contributed by atoms with Crippen molar-refractivity contribution in [3.63, 3.8) is 0 Å². The minimum atomic E-state index is -4.32. The third-order valence-electron chi connectivity index (χ3n) is 5.19. The molecule has 0 aliphatic carbocycles. The molecule has 0 aliphatic rings. The average molecular weight is 497 g/mol. The predicted octanol–water partition coefficient (Wildman–Crippen LogP) is 5.54. The molecule has 0 atom stereocenters. The standard InChI is InChI=1S/C24H20F3N3.C2H2O4/c1-30-22(20-11-9-19(10-12-20)18-5-3-2-4-6-18)16-29-23(30)28-15-17-7-13-21(14-8-17)24(25,26)27;3-1(4)2(5)6/h2-14,16H,15H2,1H3,(H,28,29);(H,3,4)(H,5,6). The molecule has 36 heavy (non-hydrogen) atoms. The Balaban J connectivity index is 0.000000538. The van der Waals surface area contributed by atoms with E-state index in [1.165, 1.54) is 12.1 Å². The number of nitrogens with one attached hydrogen (secondary N) is 1. The first-order valence-electron chi connectivity index (χ1n) is 10.6. The molecule has 0 amide bonds. The van der Waals surface area contributed by atoms with Crippen LogP contribution in [0.25, 0.3) is 22.4 Å². The number of carbonyl (C=O) groups is 2. The predicted molar refractivity (Wildman–Crippen MR) is 128 cm³/mol. The van der Waals surface area contributed by atoms with Crippen LogP contribution in [0.5, 0.6) is 0 Å². The molecule has 0 spiro atoms. The highest BCUT2D eigenvalue weighted by molar-refractivity contribution is 6.27. The van der Waals surface area contributed by atoms with E-state index in [1.807, 2.05) is 29.8 Å². The van der Waals surface area contributed by atoms with E-state index in [2.05, 4.69) is 46.7 Å². The first-order valence-corrected chi connectivity index (χ1v) is 10.6. The molecule has 3 aromatic carbocycles. The number of halogens is 3. The van der Waals surface area contributed by atoms with Crippen LogP contribution in [0.1, 0.15) is 11.1 Å². The molecule has 4 aromatic rings. The normalized spacial score (nSPS) is 10.8. The van der Waals surface area contributed by atoms with Gasteiger partial charge in [0, 0.05) is 13.6 Å². The fraction of sp³-hybridized carbons (Fsp3) is 0.115. The van der Waals surface area contributed by atoms with E-state index < -0.39 is 23.7 Å². The molecule has 3 N–H and O–H groups in total. The molecule has 0 radical (unpaired) electrons. The van der Waals surface area contributed by atoms with Gasteiger partial charge in [-0.05, 0) is 34.4 Å². The smallest absolute Gasteiger partial charge is 0.416 e. The molecule has 7 nitrogen and oxygen atoms in total. The number of aromatic nitrogens is 2. The number of alkyl halides is 3. The van der Waals surface area contributed by atoms with Crippen molar-refractivity contribution in [3.8, 4) is 22.4 Å². The molecule has 10 heteroatoms. The van der Waals surface area contributed by atoms with Crippen molar-refractivity contribution in [2.24, 2.45) is 7.05 Å². The van der Waals surface area contributed by atoms with Crippen LogP contribution in [0.4, 0.5) is 19.1 Å². The number of hydrogen-bond donors (Lipinski definition) is 3. The molecule has 0 unspecified atom stereocenters. The number of imidazole rings is 1. The first kappa shape index (κ1) is 26.0. The number of hydrogen-bond acceptors (Lipinski definition) is 4. The van der Waals surface area contributed by atoms with Crippen molar-refractivity contribution in [1.82, 2.24) is 9.55 Å². The fourth-order valence-electron chi connectivity index (χ4n) is 3.30. The summed E-state index contributed by atoms with van der Waals surface area (Å²) in [5, 5.41) is 18.0. The zero-order valence-electron chi connectivity index (χ0n) is 19.0. The second kappa shape index (κ2) is 11.2. The summed E-state index contributed by atoms with van der Waals surface area (Å²) in [6.07, 6.45) is -2.54. The Morgan fingerprint density at radius 2 is 1.36 bits per heavy atom. The molecule has 0 bridgehead atoms. The minimum Gasteiger partial charge on any atom is -0.473 e. The number of aliphatic carboxylic acids is 2. The van der Waals surface area contributed by atoms with Gasteiger partial charge in [-0.25, -0.2) is 14.6 Å². The lowest BCUT2D eigenvalue weighted by atomic mass is 10.0. The van der Waals surface area contributed by atoms with E-state index in [9.17, 15) is 13.2 Å². The van der Waals surface area contributed by atoms with E-state index in [0.717, 1.165) is 40.1 Å². The maximum atomic E-state index is 12.7. The maximum absolute atomic E-state index is 12.7. The van der Waals surface area contributed by atoms with Gasteiger partial charge in [0.25, 0.3) is 0 Å². The Kier molecular flexibility index (Phi) is 8.11. The van der Waals surface area contributed by atoms with Gasteiger partial charge in [-0.15, -0.1) is 0 Å². The topological polar surface area (TPSA) is 104 Å². The number of carboxylic acids is 2. The lowest BCUT2D eigenvalue weighted by Gasteiger charge is -2.10. The van der Waals surface area contributed by atoms with E-state index in [4.69, 9.17) is 19.8 Å². The Morgan fingerprint density at radius 3 is 1.89 bits per heavy atom. The quantitative estimate of drug-likeness (QED) is 0.313. The van der Waals surface area contributed by atoms with Crippen LogP contribution >= 0.6 is 0 Å². The van der Waals surface area contributed by atoms with E-state index in [1.54, 1.807) is 6.20 Å². The zero-order valence-corrected chi connectivity index (χ0v) is 19.0. The van der Waals surface area contributed by atoms with Crippen LogP contribution < -0.4 is 5.32 Å². The Bertz CT molecular complexity index is 1310. The molecule has 186 valence electrons. The summed E-state index contributed by atoms with van der Waals surface area (Å²) in [7, 11) is 1.91. The van der Waals surface area contributed by atoms with E-state index in [-0.39, 0.29) is 0 Å². The van der Waals surface area contributed by atoms with Crippen molar-refractivity contribution >= 4 is 17.9 Å². The maximum Gasteiger partial charge on any atom is 0.416 e. The zero-order chi connectivity index (χ0) is 26.3. The average Bonchev–Trinajstić information content (AvgIpc) is 3.23. The molecule has 0 aliphatic heterocycles. The fourth-order valence-corrected chi connectivity index (χ4v) is 3.30. The highest BCUT2D eigenvalue weighted by atomic mass is 19.4. The molecule has 0 saturated carbocycles. The lowest BCUT2D eigenvalue weighted by Crippen LogP contribution is -2.09. The second-order valence-electron chi connectivity index (χ2n) is 7.63. The van der Waals surface area contributed by atoms with Crippen molar-refractivity contribution in [2.45, 2.75) is 12.7 Å². The summed E-state index contributed by atoms with van der Waals surface area (Å²) in [6.45, 7) is 0.384. The van der Waals surface area contributed by atoms with Gasteiger partial charge in [-0.2, -0.15) is 13.2 Å². The number of benzene rings is 3. The van der Waals surface area contributed by atoms with Gasteiger partial charge < -0.3 is 20.1 Å². The third kappa shape index (κ3) is 6.72. The van der Waals surface area contributed by atoms with E-state index in [0.29, 0.717) is 12.5 Å². The Morgan fingerprint density at radius 1 is 0.833 bits per heavy atom. The van der Waals surface area contributed by atoms with Gasteiger partial charge in [0.05, 0.1) is 17.5 Å². The van der Waals surface area contributed by atoms with Gasteiger partial charge in [-0.3, -0.25) is 0 Å². The molecule has 1 aromatic heterocycles. The van der Waals surface area contributed by atoms with Crippen molar-refractivity contribution in [1.29, 1.82) is 0 Å². The van der Waals surface area contributed by atoms with Crippen molar-refractivity contribution in [3.05, 3.63) is 96.2 Å². The van der Waals surface area contributed by atoms with E-state index >= 15 is 0 Å². The number of rotatable bonds is 5. The minimum absolute atomic E-state index is 0.384. The SMILES string of the molecule is Cn1c(-c2ccc(-c3ccccc3)cc2)cnc1NCc1ccc(C(F)(F)F)cc1.O=C(O)C(=O)O. The van der Waals surface area contributed by atoms with Crippen LogP contribution in [-0.4, -0.2) is 31.7 Å². The first-order chi connectivity index (χ1) is 17.1. The van der Waals surface area contributed by atoms with Crippen LogP contribution in [0, 0.1) is 0 Å². The Labute approximate surface area is 204 Å². The summed E-state index contributed by atoms with van der Waals surface area (Å²) in [5.41, 5.74) is 4.39. The highest BCUT2D eigenvalue weighted by Crippen LogP contribution is 2.29. The van der Waals surface area contributed by atoms with Gasteiger partial charge in [-0.1, -0.05) is 66.7 Å². The summed E-state index contributed by atoms with van der Waals surface area (Å²) in [6, 6.07) is 23.6. The van der Waals surface area contributed by atoms with Crippen molar-refractivity contribution < 1.29 is 33.0 Å². The third-order valence-corrected chi connectivity index (χ3v) is 5.19. The monoisotopic (exact) mass is 497 g/mol. The van der Waals surface area contributed by atoms with Gasteiger partial charge in [0.15, 0.2) is 0 Å². The van der Waals surface area contributed by atoms with Gasteiger partial charge in [0.2, 0.25) is 5.95 Å². The summed E-state index contributed by atoms with van der Waals surface area (Å²) < 4.78 is 40.0. The molecule has 0 fully saturated rings. The highest BCUT2D eigenvalue weighted by Gasteiger charge is 2.29. The van der Waals surface area contributed by atoms with Gasteiger partial charge in [0.1, 0.15) is 0 Å².